The lowest BCUT2D eigenvalue weighted by Gasteiger charge is -1.96. The smallest absolute Gasteiger partial charge is 0.138 e. The number of allylic oxidation sites excluding steroid dienone is 3. The van der Waals surface area contributed by atoms with Crippen LogP contribution >= 0.6 is 0 Å². The number of rotatable bonds is 1. The highest BCUT2D eigenvalue weighted by Crippen LogP contribution is 2.22. The van der Waals surface area contributed by atoms with Gasteiger partial charge in [-0.2, -0.15) is 0 Å². The average Bonchev–Trinajstić information content (AvgIpc) is 2.62. The fourth-order valence-corrected chi connectivity index (χ4v) is 1.88. The fourth-order valence-electron chi connectivity index (χ4n) is 1.88. The van der Waals surface area contributed by atoms with Crippen molar-refractivity contribution in [2.45, 2.75) is 6.42 Å². The Bertz CT molecular complexity index is 591. The number of fused-ring (bicyclic) bond motifs is 1. The lowest BCUT2D eigenvalue weighted by atomic mass is 10.2. The molecule has 1 aromatic carbocycles. The summed E-state index contributed by atoms with van der Waals surface area (Å²) in [4.78, 5) is 7.86. The zero-order valence-electron chi connectivity index (χ0n) is 9.22. The second-order valence-electron chi connectivity index (χ2n) is 3.99. The lowest BCUT2D eigenvalue weighted by molar-refractivity contribution is 0.475. The van der Waals surface area contributed by atoms with Gasteiger partial charge in [0.25, 0.3) is 0 Å². The van der Waals surface area contributed by atoms with Crippen LogP contribution in [0.3, 0.4) is 0 Å². The highest BCUT2D eigenvalue weighted by atomic mass is 16.3. The highest BCUT2D eigenvalue weighted by molar-refractivity contribution is 5.62. The normalized spacial score (nSPS) is 13.4. The quantitative estimate of drug-likeness (QED) is 0.782. The Morgan fingerprint density at radius 3 is 2.76 bits per heavy atom. The van der Waals surface area contributed by atoms with Crippen molar-refractivity contribution in [1.82, 2.24) is 9.97 Å². The molecule has 0 bridgehead atoms. The summed E-state index contributed by atoms with van der Waals surface area (Å²) >= 11 is 0. The molecule has 2 aromatic rings. The molecule has 0 unspecified atom stereocenters. The van der Waals surface area contributed by atoms with E-state index in [1.807, 2.05) is 30.4 Å². The van der Waals surface area contributed by atoms with Crippen LogP contribution in [0.2, 0.25) is 0 Å². The summed E-state index contributed by atoms with van der Waals surface area (Å²) in [6, 6.07) is 7.04. The van der Waals surface area contributed by atoms with Crippen molar-refractivity contribution in [2.75, 3.05) is 0 Å². The van der Waals surface area contributed by atoms with Crippen LogP contribution in [-0.4, -0.2) is 15.1 Å². The average molecular weight is 224 g/mol. The number of aromatic hydroxyl groups is 1. The van der Waals surface area contributed by atoms with Gasteiger partial charge in [0.2, 0.25) is 0 Å². The van der Waals surface area contributed by atoms with Crippen molar-refractivity contribution in [3.05, 3.63) is 53.9 Å². The third-order valence-electron chi connectivity index (χ3n) is 2.77. The van der Waals surface area contributed by atoms with Gasteiger partial charge >= 0.3 is 0 Å². The molecule has 0 atom stereocenters. The molecular formula is C14H12N2O. The number of nitrogens with one attached hydrogen (secondary N) is 1. The number of aromatic nitrogens is 2. The van der Waals surface area contributed by atoms with Crippen molar-refractivity contribution in [2.24, 2.45) is 0 Å². The van der Waals surface area contributed by atoms with Crippen LogP contribution in [0.25, 0.3) is 17.5 Å². The molecular weight excluding hydrogens is 212 g/mol. The summed E-state index contributed by atoms with van der Waals surface area (Å²) in [6.07, 6.45) is 8.98. The minimum absolute atomic E-state index is 0.268. The van der Waals surface area contributed by atoms with Crippen molar-refractivity contribution >= 4 is 6.08 Å². The van der Waals surface area contributed by atoms with Crippen molar-refractivity contribution in [1.29, 1.82) is 0 Å². The number of phenolic OH excluding ortho intramolecular Hbond substituents is 1. The van der Waals surface area contributed by atoms with E-state index in [1.54, 1.807) is 12.1 Å². The van der Waals surface area contributed by atoms with Crippen LogP contribution in [0.4, 0.5) is 0 Å². The summed E-state index contributed by atoms with van der Waals surface area (Å²) in [5.41, 5.74) is 3.09. The summed E-state index contributed by atoms with van der Waals surface area (Å²) in [5, 5.41) is 9.25. The molecule has 0 aliphatic heterocycles. The van der Waals surface area contributed by atoms with Gasteiger partial charge in [0.05, 0.1) is 5.69 Å². The number of imidazole rings is 1. The molecule has 0 saturated carbocycles. The lowest BCUT2D eigenvalue weighted by Crippen LogP contribution is -1.83. The number of aromatic amines is 1. The second kappa shape index (κ2) is 3.94. The molecule has 0 saturated heterocycles. The number of phenols is 1. The van der Waals surface area contributed by atoms with E-state index in [1.165, 1.54) is 0 Å². The Kier molecular flexibility index (Phi) is 2.29. The molecule has 1 heterocycles. The van der Waals surface area contributed by atoms with Crippen LogP contribution in [0.1, 0.15) is 11.4 Å². The maximum absolute atomic E-state index is 9.25. The largest absolute Gasteiger partial charge is 0.508 e. The molecule has 0 fully saturated rings. The molecule has 3 nitrogen and oxygen atoms in total. The number of hydrogen-bond acceptors (Lipinski definition) is 2. The summed E-state index contributed by atoms with van der Waals surface area (Å²) in [6.45, 7) is 0. The van der Waals surface area contributed by atoms with Crippen LogP contribution in [0, 0.1) is 0 Å². The zero-order chi connectivity index (χ0) is 11.7. The molecule has 0 spiro atoms. The first kappa shape index (κ1) is 9.90. The Labute approximate surface area is 99.2 Å². The molecule has 84 valence electrons. The Balaban J connectivity index is 2.03. The van der Waals surface area contributed by atoms with Gasteiger partial charge in [0.15, 0.2) is 0 Å². The van der Waals surface area contributed by atoms with Gasteiger partial charge in [0, 0.05) is 17.7 Å². The third-order valence-corrected chi connectivity index (χ3v) is 2.77. The SMILES string of the molecule is Oc1ccc(-c2nc3c([nH]2)CC=CC=C3)cc1. The molecule has 0 amide bonds. The number of hydrogen-bond donors (Lipinski definition) is 2. The molecule has 2 N–H and O–H groups in total. The summed E-state index contributed by atoms with van der Waals surface area (Å²) in [5.74, 6) is 1.11. The van der Waals surface area contributed by atoms with Gasteiger partial charge in [-0.15, -0.1) is 0 Å². The van der Waals surface area contributed by atoms with Crippen molar-refractivity contribution in [3.8, 4) is 17.1 Å². The molecule has 0 radical (unpaired) electrons. The standard InChI is InChI=1S/C14H12N2O/c17-11-8-6-10(7-9-11)14-15-12-4-2-1-3-5-13(12)16-14/h1-4,6-9,17H,5H2,(H,15,16). The van der Waals surface area contributed by atoms with Gasteiger partial charge < -0.3 is 10.1 Å². The van der Waals surface area contributed by atoms with E-state index in [0.29, 0.717) is 0 Å². The molecule has 1 aliphatic carbocycles. The maximum atomic E-state index is 9.25. The van der Waals surface area contributed by atoms with E-state index in [9.17, 15) is 5.11 Å². The maximum Gasteiger partial charge on any atom is 0.138 e. The minimum Gasteiger partial charge on any atom is -0.508 e. The van der Waals surface area contributed by atoms with E-state index >= 15 is 0 Å². The van der Waals surface area contributed by atoms with Gasteiger partial charge in [-0.05, 0) is 30.3 Å². The Morgan fingerprint density at radius 2 is 1.94 bits per heavy atom. The predicted octanol–water partition coefficient (Wildman–Crippen LogP) is 2.91. The van der Waals surface area contributed by atoms with Crippen molar-refractivity contribution < 1.29 is 5.11 Å². The first-order valence-corrected chi connectivity index (χ1v) is 5.54. The van der Waals surface area contributed by atoms with Crippen LogP contribution < -0.4 is 0 Å². The molecule has 3 heteroatoms. The number of benzene rings is 1. The minimum atomic E-state index is 0.268. The van der Waals surface area contributed by atoms with E-state index < -0.39 is 0 Å². The first-order chi connectivity index (χ1) is 8.33. The van der Waals surface area contributed by atoms with Crippen LogP contribution in [0.5, 0.6) is 5.75 Å². The first-order valence-electron chi connectivity index (χ1n) is 5.54. The number of nitrogens with zero attached hydrogens (tertiary/aromatic N) is 1. The summed E-state index contributed by atoms with van der Waals surface area (Å²) < 4.78 is 0. The van der Waals surface area contributed by atoms with E-state index in [4.69, 9.17) is 0 Å². The monoisotopic (exact) mass is 224 g/mol. The topological polar surface area (TPSA) is 48.9 Å². The van der Waals surface area contributed by atoms with E-state index in [2.05, 4.69) is 16.0 Å². The Hall–Kier alpha value is -2.29. The van der Waals surface area contributed by atoms with E-state index in [0.717, 1.165) is 29.2 Å². The third kappa shape index (κ3) is 1.87. The molecule has 1 aliphatic rings. The van der Waals surface area contributed by atoms with E-state index in [-0.39, 0.29) is 5.75 Å². The van der Waals surface area contributed by atoms with Gasteiger partial charge in [-0.1, -0.05) is 18.2 Å². The number of H-pyrrole nitrogens is 1. The van der Waals surface area contributed by atoms with Gasteiger partial charge in [-0.3, -0.25) is 0 Å². The predicted molar refractivity (Wildman–Crippen MR) is 67.6 cm³/mol. The second-order valence-corrected chi connectivity index (χ2v) is 3.99. The van der Waals surface area contributed by atoms with Gasteiger partial charge in [0.1, 0.15) is 11.6 Å². The van der Waals surface area contributed by atoms with Crippen molar-refractivity contribution in [3.63, 3.8) is 0 Å². The molecule has 3 rings (SSSR count). The molecule has 1 aromatic heterocycles. The van der Waals surface area contributed by atoms with Gasteiger partial charge in [-0.25, -0.2) is 4.98 Å². The Morgan fingerprint density at radius 1 is 1.12 bits per heavy atom. The molecule has 17 heavy (non-hydrogen) atoms. The highest BCUT2D eigenvalue weighted by Gasteiger charge is 2.09. The zero-order valence-corrected chi connectivity index (χ0v) is 9.22. The summed E-state index contributed by atoms with van der Waals surface area (Å²) in [7, 11) is 0. The van der Waals surface area contributed by atoms with Crippen LogP contribution in [-0.2, 0) is 6.42 Å². The fraction of sp³-hybridized carbons (Fsp3) is 0.0714. The van der Waals surface area contributed by atoms with Crippen LogP contribution in [0.15, 0.2) is 42.5 Å².